The molecule has 4 rings (SSSR count). The van der Waals surface area contributed by atoms with Gasteiger partial charge in [0, 0.05) is 6.00 Å². The van der Waals surface area contributed by atoms with Crippen molar-refractivity contribution in [3.63, 3.8) is 0 Å². The van der Waals surface area contributed by atoms with E-state index in [1.165, 1.54) is 0 Å². The molecule has 1 saturated heterocycles. The molecular formula is C37H53BO5Si2. The van der Waals surface area contributed by atoms with Gasteiger partial charge in [-0.3, -0.25) is 0 Å². The first-order chi connectivity index (χ1) is 20.9. The van der Waals surface area contributed by atoms with E-state index in [1.807, 2.05) is 54.6 Å². The van der Waals surface area contributed by atoms with Gasteiger partial charge in [0.25, 0.3) is 0 Å². The molecule has 3 aromatic rings. The van der Waals surface area contributed by atoms with Gasteiger partial charge in [0.05, 0.1) is 19.3 Å². The van der Waals surface area contributed by atoms with Gasteiger partial charge in [-0.1, -0.05) is 133 Å². The number of hydrogen-bond donors (Lipinski definition) is 1. The Morgan fingerprint density at radius 1 is 0.689 bits per heavy atom. The van der Waals surface area contributed by atoms with Gasteiger partial charge >= 0.3 is 0 Å². The van der Waals surface area contributed by atoms with Crippen LogP contribution in [0.25, 0.3) is 0 Å². The second kappa shape index (κ2) is 13.2. The fraction of sp³-hybridized carbons (Fsp3) is 0.514. The lowest BCUT2D eigenvalue weighted by Crippen LogP contribution is -2.60. The third-order valence-corrected chi connectivity index (χ3v) is 19.2. The van der Waals surface area contributed by atoms with Crippen molar-refractivity contribution in [3.05, 3.63) is 108 Å². The lowest BCUT2D eigenvalue weighted by Gasteiger charge is -2.47. The highest BCUT2D eigenvalue weighted by molar-refractivity contribution is 6.74. The van der Waals surface area contributed by atoms with Crippen molar-refractivity contribution >= 4 is 24.5 Å². The molecule has 0 spiro atoms. The van der Waals surface area contributed by atoms with Crippen molar-refractivity contribution in [2.75, 3.05) is 13.2 Å². The summed E-state index contributed by atoms with van der Waals surface area (Å²) in [5.74, 6) is 0. The van der Waals surface area contributed by atoms with E-state index in [1.54, 1.807) is 0 Å². The van der Waals surface area contributed by atoms with Crippen LogP contribution in [-0.2, 0) is 23.9 Å². The van der Waals surface area contributed by atoms with E-state index in [4.69, 9.17) is 26.2 Å². The summed E-state index contributed by atoms with van der Waals surface area (Å²) >= 11 is 0. The van der Waals surface area contributed by atoms with Crippen LogP contribution >= 0.6 is 0 Å². The van der Waals surface area contributed by atoms with Crippen LogP contribution in [0.15, 0.2) is 91.0 Å². The molecule has 0 aromatic heterocycles. The Bertz CT molecular complexity index is 1280. The average Bonchev–Trinajstić information content (AvgIpc) is 3.23. The molecule has 5 nitrogen and oxygen atoms in total. The van der Waals surface area contributed by atoms with Gasteiger partial charge in [-0.05, 0) is 53.0 Å². The van der Waals surface area contributed by atoms with Crippen molar-refractivity contribution in [2.45, 2.75) is 107 Å². The van der Waals surface area contributed by atoms with Crippen molar-refractivity contribution in [1.29, 1.82) is 0 Å². The van der Waals surface area contributed by atoms with Gasteiger partial charge in [-0.25, -0.2) is 0 Å². The molecule has 4 atom stereocenters. The minimum absolute atomic E-state index is 0.0204. The number of aliphatic hydroxyl groups excluding tert-OH is 1. The first-order valence-corrected chi connectivity index (χ1v) is 21.9. The molecule has 1 aliphatic rings. The summed E-state index contributed by atoms with van der Waals surface area (Å²) in [4.78, 5) is 0. The van der Waals surface area contributed by atoms with Crippen LogP contribution in [0.1, 0.15) is 58.2 Å². The van der Waals surface area contributed by atoms with E-state index in [9.17, 15) is 5.11 Å². The normalized spacial score (nSPS) is 23.3. The molecule has 0 unspecified atom stereocenters. The fourth-order valence-electron chi connectivity index (χ4n) is 5.48. The first-order valence-electron chi connectivity index (χ1n) is 16.1. The van der Waals surface area contributed by atoms with Crippen LogP contribution in [0.5, 0.6) is 0 Å². The summed E-state index contributed by atoms with van der Waals surface area (Å²) in [6.45, 7) is 21.8. The van der Waals surface area contributed by atoms with Crippen molar-refractivity contribution in [1.82, 2.24) is 0 Å². The van der Waals surface area contributed by atoms with E-state index in [2.05, 4.69) is 104 Å². The largest absolute Gasteiger partial charge is 0.409 e. The van der Waals surface area contributed by atoms with Crippen molar-refractivity contribution < 1.29 is 23.4 Å². The van der Waals surface area contributed by atoms with Gasteiger partial charge in [-0.2, -0.15) is 0 Å². The molecule has 242 valence electrons. The molecule has 1 fully saturated rings. The summed E-state index contributed by atoms with van der Waals surface area (Å²) in [5.41, 5.74) is 0.626. The number of rotatable bonds is 11. The second-order valence-electron chi connectivity index (χ2n) is 15.5. The van der Waals surface area contributed by atoms with Crippen LogP contribution in [0.2, 0.25) is 36.3 Å². The maximum Gasteiger partial charge on any atom is 0.192 e. The van der Waals surface area contributed by atoms with Crippen LogP contribution < -0.4 is 0 Å². The molecule has 1 heterocycles. The highest BCUT2D eigenvalue weighted by Gasteiger charge is 2.60. The van der Waals surface area contributed by atoms with E-state index < -0.39 is 46.0 Å². The SMILES string of the molecule is [B][C@@H]1O[C@@](CO)(COC(c2ccccc2)(c2ccccc2)c2ccccc2)[C@@H](O[Si](C)(C)C(C)(C)C)[C@H]1O[Si](C)(C)C(C)(C)C. The van der Waals surface area contributed by atoms with Crippen LogP contribution in [0, 0.1) is 0 Å². The second-order valence-corrected chi connectivity index (χ2v) is 25.0. The summed E-state index contributed by atoms with van der Waals surface area (Å²) in [7, 11) is 2.10. The molecule has 8 heteroatoms. The summed E-state index contributed by atoms with van der Waals surface area (Å²) in [6.07, 6.45) is -1.22. The predicted molar refractivity (Wildman–Crippen MR) is 190 cm³/mol. The fourth-order valence-corrected chi connectivity index (χ4v) is 8.11. The summed E-state index contributed by atoms with van der Waals surface area (Å²) in [6, 6.07) is 29.9. The maximum absolute atomic E-state index is 11.3. The Labute approximate surface area is 275 Å². The van der Waals surface area contributed by atoms with E-state index in [0.29, 0.717) is 0 Å². The quantitative estimate of drug-likeness (QED) is 0.169. The summed E-state index contributed by atoms with van der Waals surface area (Å²) in [5, 5.41) is 11.2. The zero-order valence-electron chi connectivity index (χ0n) is 29.0. The average molecular weight is 645 g/mol. The third kappa shape index (κ3) is 7.13. The Hall–Kier alpha value is -2.04. The Morgan fingerprint density at radius 2 is 1.07 bits per heavy atom. The molecule has 45 heavy (non-hydrogen) atoms. The summed E-state index contributed by atoms with van der Waals surface area (Å²) < 4.78 is 28.1. The molecule has 3 aromatic carbocycles. The van der Waals surface area contributed by atoms with Gasteiger partial charge in [0.2, 0.25) is 0 Å². The molecule has 2 radical (unpaired) electrons. The number of ether oxygens (including phenoxy) is 2. The maximum atomic E-state index is 11.3. The number of benzene rings is 3. The van der Waals surface area contributed by atoms with Gasteiger partial charge in [0.15, 0.2) is 16.6 Å². The van der Waals surface area contributed by atoms with Crippen LogP contribution in [-0.4, -0.2) is 66.6 Å². The van der Waals surface area contributed by atoms with Crippen molar-refractivity contribution in [2.24, 2.45) is 0 Å². The van der Waals surface area contributed by atoms with E-state index in [-0.39, 0.29) is 23.3 Å². The lowest BCUT2D eigenvalue weighted by atomic mass is 9.79. The zero-order chi connectivity index (χ0) is 33.3. The first kappa shape index (κ1) is 35.8. The molecule has 0 bridgehead atoms. The highest BCUT2D eigenvalue weighted by atomic mass is 28.4. The molecule has 0 aliphatic carbocycles. The third-order valence-electron chi connectivity index (χ3n) is 10.3. The highest BCUT2D eigenvalue weighted by Crippen LogP contribution is 2.48. The Balaban J connectivity index is 1.87. The van der Waals surface area contributed by atoms with Crippen LogP contribution in [0.3, 0.4) is 0 Å². The van der Waals surface area contributed by atoms with Gasteiger partial charge in [-0.15, -0.1) is 0 Å². The zero-order valence-corrected chi connectivity index (χ0v) is 31.0. The van der Waals surface area contributed by atoms with Gasteiger partial charge in [0.1, 0.15) is 25.2 Å². The molecule has 1 N–H and O–H groups in total. The number of hydrogen-bond acceptors (Lipinski definition) is 5. The number of aliphatic hydroxyl groups is 1. The van der Waals surface area contributed by atoms with Crippen LogP contribution in [0.4, 0.5) is 0 Å². The smallest absolute Gasteiger partial charge is 0.192 e. The van der Waals surface area contributed by atoms with Gasteiger partial charge < -0.3 is 23.4 Å². The topological polar surface area (TPSA) is 57.2 Å². The van der Waals surface area contributed by atoms with E-state index in [0.717, 1.165) is 16.7 Å². The predicted octanol–water partition coefficient (Wildman–Crippen LogP) is 8.03. The minimum Gasteiger partial charge on any atom is -0.409 e. The Morgan fingerprint density at radius 3 is 1.42 bits per heavy atom. The molecule has 0 amide bonds. The molecular weight excluding hydrogens is 591 g/mol. The van der Waals surface area contributed by atoms with E-state index >= 15 is 0 Å². The molecule has 0 saturated carbocycles. The monoisotopic (exact) mass is 644 g/mol. The Kier molecular flexibility index (Phi) is 10.5. The molecule has 1 aliphatic heterocycles. The van der Waals surface area contributed by atoms with Crippen molar-refractivity contribution in [3.8, 4) is 0 Å². The lowest BCUT2D eigenvalue weighted by molar-refractivity contribution is -0.157. The standard InChI is InChI=1S/C37H53BO5Si2/c1-34(2,3)44(7,8)42-31-32(43-45(9,10)35(4,5)6)36(26-39,41-33(31)38)27-40-37(28-20-14-11-15-21-28,29-22-16-12-17-23-29)30-24-18-13-19-25-30/h11-25,31-33,39H,26-27H2,1-10H3/t31-,32+,33-,36+/m1/s1. The minimum atomic E-state index is -2.40.